The van der Waals surface area contributed by atoms with E-state index in [2.05, 4.69) is 27.8 Å². The minimum atomic E-state index is -0.718. The molecule has 3 fully saturated rings. The number of carbonyl (C=O) groups is 4. The van der Waals surface area contributed by atoms with Crippen LogP contribution in [0.15, 0.2) is 79.0 Å². The highest BCUT2D eigenvalue weighted by Crippen LogP contribution is 2.37. The van der Waals surface area contributed by atoms with Crippen LogP contribution in [0, 0.1) is 17.8 Å². The molecule has 10 nitrogen and oxygen atoms in total. The minimum absolute atomic E-state index is 0.0937. The van der Waals surface area contributed by atoms with Gasteiger partial charge in [-0.2, -0.15) is 0 Å². The molecule has 7 rings (SSSR count). The molecule has 4 aromatic rings. The molecule has 3 aromatic carbocycles. The Hall–Kier alpha value is -4.83. The maximum absolute atomic E-state index is 14.2. The lowest BCUT2D eigenvalue weighted by Gasteiger charge is -2.40. The number of hydrogen-bond acceptors (Lipinski definition) is 5. The number of benzene rings is 3. The van der Waals surface area contributed by atoms with Gasteiger partial charge in [0.15, 0.2) is 0 Å². The van der Waals surface area contributed by atoms with Crippen molar-refractivity contribution in [2.75, 3.05) is 33.2 Å². The summed E-state index contributed by atoms with van der Waals surface area (Å²) in [5.41, 5.74) is 3.43. The molecule has 3 N–H and O–H groups in total. The molecule has 2 saturated heterocycles. The highest BCUT2D eigenvalue weighted by Gasteiger charge is 2.48. The lowest BCUT2D eigenvalue weighted by atomic mass is 9.79. The van der Waals surface area contributed by atoms with Crippen LogP contribution < -0.4 is 15.4 Å². The Kier molecular flexibility index (Phi) is 10.3. The van der Waals surface area contributed by atoms with E-state index in [1.807, 2.05) is 48.7 Å². The molecule has 0 spiro atoms. The number of piperidine rings is 1. The van der Waals surface area contributed by atoms with Gasteiger partial charge in [-0.05, 0) is 91.5 Å². The van der Waals surface area contributed by atoms with E-state index < -0.39 is 12.0 Å². The van der Waals surface area contributed by atoms with Gasteiger partial charge in [0.2, 0.25) is 17.7 Å². The number of nitrogens with zero attached hydrogens (tertiary/aromatic N) is 2. The lowest BCUT2D eigenvalue weighted by Crippen LogP contribution is -2.56. The van der Waals surface area contributed by atoms with E-state index in [1.54, 1.807) is 35.0 Å². The number of amides is 4. The van der Waals surface area contributed by atoms with Gasteiger partial charge in [0.05, 0.1) is 18.4 Å². The van der Waals surface area contributed by atoms with Gasteiger partial charge in [-0.25, -0.2) is 0 Å². The number of carbonyl (C=O) groups excluding carboxylic acids is 4. The first-order valence-electron chi connectivity index (χ1n) is 17.9. The Morgan fingerprint density at radius 3 is 2.45 bits per heavy atom. The van der Waals surface area contributed by atoms with Crippen LogP contribution >= 0.6 is 11.6 Å². The first-order valence-corrected chi connectivity index (χ1v) is 18.3. The topological polar surface area (TPSA) is 124 Å². The number of rotatable bonds is 12. The molecule has 1 aromatic heterocycles. The fourth-order valence-corrected chi connectivity index (χ4v) is 7.79. The first-order chi connectivity index (χ1) is 24.7. The third-order valence-electron chi connectivity index (χ3n) is 10.5. The maximum atomic E-state index is 14.2. The van der Waals surface area contributed by atoms with Crippen LogP contribution in [0.25, 0.3) is 10.9 Å². The summed E-state index contributed by atoms with van der Waals surface area (Å²) in [6, 6.07) is 22.1. The van der Waals surface area contributed by atoms with E-state index >= 15 is 0 Å². The molecule has 2 aliphatic heterocycles. The van der Waals surface area contributed by atoms with Crippen LogP contribution in [-0.4, -0.2) is 83.8 Å². The van der Waals surface area contributed by atoms with Gasteiger partial charge in [0.1, 0.15) is 11.8 Å². The number of aromatic amines is 1. The first kappa shape index (κ1) is 34.6. The number of hydrogen-bond donors (Lipinski definition) is 3. The van der Waals surface area contributed by atoms with Gasteiger partial charge < -0.3 is 30.2 Å². The zero-order valence-electron chi connectivity index (χ0n) is 28.8. The molecule has 11 heteroatoms. The molecule has 4 amide bonds. The predicted octanol–water partition coefficient (Wildman–Crippen LogP) is 5.01. The average Bonchev–Trinajstić information content (AvgIpc) is 3.72. The van der Waals surface area contributed by atoms with Crippen LogP contribution in [0.4, 0.5) is 0 Å². The highest BCUT2D eigenvalue weighted by atomic mass is 35.5. The second kappa shape index (κ2) is 15.2. The van der Waals surface area contributed by atoms with E-state index in [0.717, 1.165) is 41.5 Å². The highest BCUT2D eigenvalue weighted by molar-refractivity contribution is 6.31. The van der Waals surface area contributed by atoms with Gasteiger partial charge in [-0.1, -0.05) is 48.0 Å². The van der Waals surface area contributed by atoms with Crippen LogP contribution in [0.5, 0.6) is 5.75 Å². The number of ether oxygens (including phenoxy) is 1. The second-order valence-corrected chi connectivity index (χ2v) is 14.6. The number of halogens is 1. The number of nitrogens with one attached hydrogen (secondary N) is 3. The summed E-state index contributed by atoms with van der Waals surface area (Å²) in [6.07, 6.45) is 6.33. The number of likely N-dealkylation sites (tertiary alicyclic amines) is 2. The van der Waals surface area contributed by atoms with Crippen molar-refractivity contribution < 1.29 is 23.9 Å². The molecule has 4 atom stereocenters. The van der Waals surface area contributed by atoms with Crippen molar-refractivity contribution in [3.63, 3.8) is 0 Å². The van der Waals surface area contributed by atoms with Gasteiger partial charge in [-0.15, -0.1) is 0 Å². The Labute approximate surface area is 302 Å². The van der Waals surface area contributed by atoms with Crippen LogP contribution in [0.1, 0.15) is 47.2 Å². The number of likely N-dealkylation sites (N-methyl/N-ethyl adjacent to an activating group) is 1. The zero-order valence-corrected chi connectivity index (χ0v) is 29.5. The van der Waals surface area contributed by atoms with Gasteiger partial charge >= 0.3 is 0 Å². The van der Waals surface area contributed by atoms with Crippen LogP contribution in [-0.2, 0) is 27.2 Å². The van der Waals surface area contributed by atoms with Crippen molar-refractivity contribution in [3.8, 4) is 5.75 Å². The molecule has 51 heavy (non-hydrogen) atoms. The summed E-state index contributed by atoms with van der Waals surface area (Å²) in [6.45, 7) is 1.47. The van der Waals surface area contributed by atoms with E-state index in [0.29, 0.717) is 43.1 Å². The molecule has 3 unspecified atom stereocenters. The number of H-pyrrole nitrogens is 1. The van der Waals surface area contributed by atoms with Gasteiger partial charge in [-0.3, -0.25) is 19.2 Å². The Balaban J connectivity index is 1.08. The lowest BCUT2D eigenvalue weighted by molar-refractivity contribution is -0.140. The SMILES string of the molecule is CNC(=O)[C@H](CCCc1ccccc1)NC(=O)C1CN(C(=O)Cc2c[nH]c3cc(Cl)ccc23)CC2CN(C(=O)c3ccc(OC4CC4)cc3)CC21. The van der Waals surface area contributed by atoms with Crippen molar-refractivity contribution in [1.29, 1.82) is 0 Å². The quantitative estimate of drug-likeness (QED) is 0.191. The molecule has 3 heterocycles. The van der Waals surface area contributed by atoms with E-state index in [-0.39, 0.29) is 54.5 Å². The van der Waals surface area contributed by atoms with Crippen molar-refractivity contribution >= 4 is 46.1 Å². The van der Waals surface area contributed by atoms with E-state index in [1.165, 1.54) is 5.56 Å². The second-order valence-electron chi connectivity index (χ2n) is 14.1. The Morgan fingerprint density at radius 1 is 0.941 bits per heavy atom. The zero-order chi connectivity index (χ0) is 35.5. The predicted molar refractivity (Wildman–Crippen MR) is 195 cm³/mol. The van der Waals surface area contributed by atoms with Gasteiger partial charge in [0, 0.05) is 60.9 Å². The largest absolute Gasteiger partial charge is 0.490 e. The van der Waals surface area contributed by atoms with E-state index in [9.17, 15) is 19.2 Å². The van der Waals surface area contributed by atoms with Crippen LogP contribution in [0.2, 0.25) is 5.02 Å². The Morgan fingerprint density at radius 2 is 1.71 bits per heavy atom. The monoisotopic (exact) mass is 709 g/mol. The molecule has 1 saturated carbocycles. The molecule has 266 valence electrons. The summed E-state index contributed by atoms with van der Waals surface area (Å²) in [4.78, 5) is 61.7. The summed E-state index contributed by atoms with van der Waals surface area (Å²) in [7, 11) is 1.57. The summed E-state index contributed by atoms with van der Waals surface area (Å²) in [5.74, 6) is -0.837. The molecular weight excluding hydrogens is 666 g/mol. The van der Waals surface area contributed by atoms with Crippen molar-refractivity contribution in [3.05, 3.63) is 101 Å². The van der Waals surface area contributed by atoms with Gasteiger partial charge in [0.25, 0.3) is 5.91 Å². The smallest absolute Gasteiger partial charge is 0.253 e. The molecule has 3 aliphatic rings. The summed E-state index contributed by atoms with van der Waals surface area (Å²) >= 11 is 6.18. The third kappa shape index (κ3) is 8.06. The summed E-state index contributed by atoms with van der Waals surface area (Å²) in [5, 5.41) is 7.29. The Bertz CT molecular complexity index is 1890. The number of fused-ring (bicyclic) bond motifs is 2. The standard InChI is InChI=1S/C40H44ClN5O5/c1-42-39(49)35(9-5-8-25-6-3-2-4-7-25)44-38(48)34-24-45(37(47)18-27-20-43-36-19-29(41)12-17-32(27)36)21-28-22-46(23-33(28)34)40(50)26-10-13-30(14-11-26)51-31-15-16-31/h2-4,6-7,10-14,17,19-20,28,31,33-35,43H,5,8-9,15-16,18,21-24H2,1H3,(H,42,49)(H,44,48)/t28?,33?,34?,35-/m0/s1. The maximum Gasteiger partial charge on any atom is 0.253 e. The van der Waals surface area contributed by atoms with Crippen molar-refractivity contribution in [2.45, 2.75) is 50.7 Å². The number of aryl methyl sites for hydroxylation is 1. The average molecular weight is 710 g/mol. The minimum Gasteiger partial charge on any atom is -0.490 e. The molecule has 1 aliphatic carbocycles. The van der Waals surface area contributed by atoms with Crippen molar-refractivity contribution in [1.82, 2.24) is 25.4 Å². The van der Waals surface area contributed by atoms with E-state index in [4.69, 9.17) is 16.3 Å². The molecule has 0 bridgehead atoms. The molecular formula is C40H44ClN5O5. The normalized spacial score (nSPS) is 20.5. The van der Waals surface area contributed by atoms with Crippen LogP contribution in [0.3, 0.4) is 0 Å². The summed E-state index contributed by atoms with van der Waals surface area (Å²) < 4.78 is 5.86. The number of aromatic nitrogens is 1. The van der Waals surface area contributed by atoms with Crippen molar-refractivity contribution in [2.24, 2.45) is 17.8 Å². The molecule has 0 radical (unpaired) electrons. The fourth-order valence-electron chi connectivity index (χ4n) is 7.62. The fraction of sp³-hybridized carbons (Fsp3) is 0.400. The third-order valence-corrected chi connectivity index (χ3v) is 10.8.